The molecular formula is C27H34N2O5. The molecule has 0 aliphatic rings. The van der Waals surface area contributed by atoms with E-state index in [4.69, 9.17) is 18.9 Å². The van der Waals surface area contributed by atoms with Crippen LogP contribution in [0.5, 0.6) is 17.2 Å². The van der Waals surface area contributed by atoms with Gasteiger partial charge in [0.15, 0.2) is 17.2 Å². The van der Waals surface area contributed by atoms with Gasteiger partial charge in [-0.1, -0.05) is 32.8 Å². The summed E-state index contributed by atoms with van der Waals surface area (Å²) in [7, 11) is 1.62. The zero-order chi connectivity index (χ0) is 24.3. The van der Waals surface area contributed by atoms with Gasteiger partial charge in [-0.05, 0) is 56.2 Å². The molecule has 2 aromatic heterocycles. The molecule has 34 heavy (non-hydrogen) atoms. The fourth-order valence-electron chi connectivity index (χ4n) is 3.54. The Balaban J connectivity index is 2.32. The lowest BCUT2D eigenvalue weighted by atomic mass is 10.2. The summed E-state index contributed by atoms with van der Waals surface area (Å²) in [6.45, 7) is 7.18. The lowest BCUT2D eigenvalue weighted by Crippen LogP contribution is -2.14. The third-order valence-corrected chi connectivity index (χ3v) is 5.28. The van der Waals surface area contributed by atoms with Gasteiger partial charge in [0, 0.05) is 11.9 Å². The zero-order valence-electron chi connectivity index (χ0n) is 20.5. The fourth-order valence-corrected chi connectivity index (χ4v) is 3.54. The largest absolute Gasteiger partial charge is 0.497 e. The predicted octanol–water partition coefficient (Wildman–Crippen LogP) is 6.08. The first-order valence-corrected chi connectivity index (χ1v) is 11.9. The Labute approximate surface area is 201 Å². The quantitative estimate of drug-likeness (QED) is 0.224. The molecule has 0 atom stereocenters. The van der Waals surface area contributed by atoms with Crippen molar-refractivity contribution in [2.45, 2.75) is 46.5 Å². The molecule has 7 nitrogen and oxygen atoms in total. The van der Waals surface area contributed by atoms with Crippen LogP contribution in [0.4, 0.5) is 0 Å². The van der Waals surface area contributed by atoms with E-state index in [2.05, 4.69) is 18.8 Å². The van der Waals surface area contributed by atoms with Crippen LogP contribution in [0.1, 0.15) is 56.9 Å². The predicted molar refractivity (Wildman–Crippen MR) is 132 cm³/mol. The molecule has 182 valence electrons. The van der Waals surface area contributed by atoms with Crippen LogP contribution < -0.4 is 14.2 Å². The molecule has 1 aromatic carbocycles. The summed E-state index contributed by atoms with van der Waals surface area (Å²) < 4.78 is 25.1. The third-order valence-electron chi connectivity index (χ3n) is 5.28. The van der Waals surface area contributed by atoms with Crippen LogP contribution >= 0.6 is 0 Å². The van der Waals surface area contributed by atoms with Gasteiger partial charge in [-0.3, -0.25) is 9.55 Å². The van der Waals surface area contributed by atoms with Crippen molar-refractivity contribution >= 4 is 5.97 Å². The Morgan fingerprint density at radius 3 is 2.15 bits per heavy atom. The van der Waals surface area contributed by atoms with E-state index in [-0.39, 0.29) is 12.3 Å². The van der Waals surface area contributed by atoms with E-state index in [0.717, 1.165) is 31.4 Å². The number of carbonyl (C=O) groups is 1. The molecule has 7 heteroatoms. The number of nitrogens with zero attached hydrogens (tertiary/aromatic N) is 2. The Morgan fingerprint density at radius 2 is 1.59 bits per heavy atom. The van der Waals surface area contributed by atoms with Gasteiger partial charge in [0.1, 0.15) is 11.4 Å². The first-order chi connectivity index (χ1) is 16.7. The maximum absolute atomic E-state index is 13.3. The van der Waals surface area contributed by atoms with E-state index in [9.17, 15) is 4.79 Å². The number of hydrogen-bond acceptors (Lipinski definition) is 6. The van der Waals surface area contributed by atoms with Gasteiger partial charge in [0.25, 0.3) is 0 Å². The fraction of sp³-hybridized carbons (Fsp3) is 0.407. The topological polar surface area (TPSA) is 71.8 Å². The van der Waals surface area contributed by atoms with Crippen LogP contribution in [0.2, 0.25) is 0 Å². The number of methoxy groups -OCH3 is 1. The van der Waals surface area contributed by atoms with Crippen molar-refractivity contribution in [3.05, 3.63) is 54.4 Å². The SMILES string of the molecule is CCCCOc1c(OCCCC)c(-c2ccccn2)n(-c2ccc(OC)cc2)c1C(=O)OCC. The molecule has 0 aliphatic carbocycles. The van der Waals surface area contributed by atoms with Gasteiger partial charge in [-0.2, -0.15) is 0 Å². The molecule has 3 aromatic rings. The molecule has 0 N–H and O–H groups in total. The third kappa shape index (κ3) is 5.71. The Bertz CT molecular complexity index is 1050. The average Bonchev–Trinajstić information content (AvgIpc) is 3.19. The van der Waals surface area contributed by atoms with Gasteiger partial charge in [-0.15, -0.1) is 0 Å². The number of ether oxygens (including phenoxy) is 4. The molecule has 0 amide bonds. The highest BCUT2D eigenvalue weighted by Crippen LogP contribution is 2.46. The van der Waals surface area contributed by atoms with E-state index in [1.165, 1.54) is 0 Å². The monoisotopic (exact) mass is 466 g/mol. The van der Waals surface area contributed by atoms with Crippen molar-refractivity contribution in [3.63, 3.8) is 0 Å². The molecule has 0 bridgehead atoms. The molecule has 2 heterocycles. The Morgan fingerprint density at radius 1 is 0.912 bits per heavy atom. The van der Waals surface area contributed by atoms with Gasteiger partial charge in [0.2, 0.25) is 0 Å². The smallest absolute Gasteiger partial charge is 0.359 e. The lowest BCUT2D eigenvalue weighted by Gasteiger charge is -2.14. The minimum atomic E-state index is -0.479. The normalized spacial score (nSPS) is 10.7. The summed E-state index contributed by atoms with van der Waals surface area (Å²) in [6.07, 6.45) is 5.39. The number of aromatic nitrogens is 2. The summed E-state index contributed by atoms with van der Waals surface area (Å²) in [5, 5.41) is 0. The van der Waals surface area contributed by atoms with E-state index in [1.807, 2.05) is 47.0 Å². The highest BCUT2D eigenvalue weighted by molar-refractivity contribution is 5.96. The average molecular weight is 467 g/mol. The summed E-state index contributed by atoms with van der Waals surface area (Å²) in [5.74, 6) is 1.13. The van der Waals surface area contributed by atoms with E-state index in [0.29, 0.717) is 41.9 Å². The summed E-state index contributed by atoms with van der Waals surface area (Å²) in [5.41, 5.74) is 2.35. The number of carbonyl (C=O) groups excluding carboxylic acids is 1. The Hall–Kier alpha value is -3.48. The minimum Gasteiger partial charge on any atom is -0.497 e. The highest BCUT2D eigenvalue weighted by Gasteiger charge is 2.33. The van der Waals surface area contributed by atoms with Gasteiger partial charge in [-0.25, -0.2) is 4.79 Å². The van der Waals surface area contributed by atoms with Crippen LogP contribution in [0.3, 0.4) is 0 Å². The minimum absolute atomic E-state index is 0.242. The molecule has 0 spiro atoms. The molecule has 0 saturated heterocycles. The molecule has 0 fully saturated rings. The van der Waals surface area contributed by atoms with Crippen LogP contribution in [-0.4, -0.2) is 42.5 Å². The number of benzene rings is 1. The van der Waals surface area contributed by atoms with Crippen molar-refractivity contribution in [2.75, 3.05) is 26.9 Å². The standard InChI is InChI=1S/C27H34N2O5/c1-5-8-18-33-25-23(22-12-10-11-17-28-22)29(20-13-15-21(31-4)16-14-20)24(27(30)32-7-3)26(25)34-19-9-6-2/h10-17H,5-9,18-19H2,1-4H3. The van der Waals surface area contributed by atoms with Crippen LogP contribution in [0, 0.1) is 0 Å². The molecule has 3 rings (SSSR count). The van der Waals surface area contributed by atoms with Gasteiger partial charge >= 0.3 is 5.97 Å². The van der Waals surface area contributed by atoms with Crippen molar-refractivity contribution in [2.24, 2.45) is 0 Å². The van der Waals surface area contributed by atoms with E-state index < -0.39 is 5.97 Å². The zero-order valence-corrected chi connectivity index (χ0v) is 20.5. The molecule has 0 unspecified atom stereocenters. The second-order valence-corrected chi connectivity index (χ2v) is 7.73. The second kappa shape index (κ2) is 12.7. The van der Waals surface area contributed by atoms with Crippen molar-refractivity contribution in [1.82, 2.24) is 9.55 Å². The van der Waals surface area contributed by atoms with Crippen LogP contribution in [0.25, 0.3) is 17.1 Å². The van der Waals surface area contributed by atoms with Gasteiger partial charge < -0.3 is 18.9 Å². The van der Waals surface area contributed by atoms with E-state index in [1.54, 1.807) is 20.2 Å². The second-order valence-electron chi connectivity index (χ2n) is 7.73. The Kier molecular flexibility index (Phi) is 9.38. The maximum atomic E-state index is 13.3. The number of unbranched alkanes of at least 4 members (excludes halogenated alkanes) is 2. The molecule has 0 aliphatic heterocycles. The van der Waals surface area contributed by atoms with Crippen molar-refractivity contribution in [3.8, 4) is 34.3 Å². The molecular weight excluding hydrogens is 432 g/mol. The summed E-state index contributed by atoms with van der Waals surface area (Å²) in [6, 6.07) is 13.1. The maximum Gasteiger partial charge on any atom is 0.359 e. The molecule has 0 radical (unpaired) electrons. The number of esters is 1. The first-order valence-electron chi connectivity index (χ1n) is 11.9. The lowest BCUT2D eigenvalue weighted by molar-refractivity contribution is 0.0511. The number of rotatable bonds is 13. The molecule has 0 saturated carbocycles. The highest BCUT2D eigenvalue weighted by atomic mass is 16.5. The summed E-state index contributed by atoms with van der Waals surface area (Å²) in [4.78, 5) is 17.9. The van der Waals surface area contributed by atoms with E-state index >= 15 is 0 Å². The van der Waals surface area contributed by atoms with Crippen molar-refractivity contribution in [1.29, 1.82) is 0 Å². The first kappa shape index (κ1) is 25.1. The van der Waals surface area contributed by atoms with Crippen LogP contribution in [-0.2, 0) is 4.74 Å². The summed E-state index contributed by atoms with van der Waals surface area (Å²) >= 11 is 0. The van der Waals surface area contributed by atoms with Crippen LogP contribution in [0.15, 0.2) is 48.7 Å². The number of pyridine rings is 1. The number of hydrogen-bond donors (Lipinski definition) is 0. The van der Waals surface area contributed by atoms with Crippen molar-refractivity contribution < 1.29 is 23.7 Å². The van der Waals surface area contributed by atoms with Gasteiger partial charge in [0.05, 0.1) is 32.6 Å².